The van der Waals surface area contributed by atoms with Gasteiger partial charge < -0.3 is 0 Å². The maximum absolute atomic E-state index is 12.7. The highest BCUT2D eigenvalue weighted by Crippen LogP contribution is 2.23. The third-order valence-corrected chi connectivity index (χ3v) is 6.02. The maximum Gasteiger partial charge on any atom is 0.328 e. The molecule has 0 unspecified atom stereocenters. The second-order valence-corrected chi connectivity index (χ2v) is 8.54. The molecule has 0 aliphatic heterocycles. The lowest BCUT2D eigenvalue weighted by atomic mass is 10.2. The van der Waals surface area contributed by atoms with Crippen molar-refractivity contribution in [2.75, 3.05) is 4.72 Å². The summed E-state index contributed by atoms with van der Waals surface area (Å²) in [5.74, 6) is 0. The van der Waals surface area contributed by atoms with Gasteiger partial charge in [-0.05, 0) is 71.5 Å². The molecule has 3 aromatic rings. The number of hydrogen-bond donors (Lipinski definition) is 1. The van der Waals surface area contributed by atoms with Gasteiger partial charge in [0, 0.05) is 17.7 Å². The number of sulfonamides is 1. The Morgan fingerprint density at radius 2 is 1.67 bits per heavy atom. The molecule has 24 heavy (non-hydrogen) atoms. The van der Waals surface area contributed by atoms with Gasteiger partial charge in [0.2, 0.25) is 0 Å². The molecule has 2 aromatic carbocycles. The van der Waals surface area contributed by atoms with Crippen molar-refractivity contribution in [1.82, 2.24) is 9.13 Å². The van der Waals surface area contributed by atoms with E-state index in [1.807, 2.05) is 19.1 Å². The summed E-state index contributed by atoms with van der Waals surface area (Å²) in [7, 11) is -0.456. The van der Waals surface area contributed by atoms with Crippen molar-refractivity contribution in [3.63, 3.8) is 0 Å². The lowest BCUT2D eigenvalue weighted by molar-refractivity contribution is 0.601. The summed E-state index contributed by atoms with van der Waals surface area (Å²) in [6.07, 6.45) is 0. The molecule has 8 heteroatoms. The summed E-state index contributed by atoms with van der Waals surface area (Å²) >= 11 is 2.18. The molecule has 0 radical (unpaired) electrons. The van der Waals surface area contributed by atoms with Gasteiger partial charge in [-0.1, -0.05) is 0 Å². The topological polar surface area (TPSA) is 73.1 Å². The molecule has 6 nitrogen and oxygen atoms in total. The lowest BCUT2D eigenvalue weighted by Crippen LogP contribution is -2.19. The van der Waals surface area contributed by atoms with Crippen LogP contribution in [0, 0.1) is 10.5 Å². The van der Waals surface area contributed by atoms with Gasteiger partial charge in [0.25, 0.3) is 10.0 Å². The minimum absolute atomic E-state index is 0.120. The fourth-order valence-electron chi connectivity index (χ4n) is 2.60. The van der Waals surface area contributed by atoms with Crippen molar-refractivity contribution < 1.29 is 8.42 Å². The van der Waals surface area contributed by atoms with Gasteiger partial charge in [0.1, 0.15) is 0 Å². The number of nitrogens with one attached hydrogen (secondary N) is 1. The third-order valence-electron chi connectivity index (χ3n) is 3.99. The number of halogens is 1. The fraction of sp³-hybridized carbons (Fsp3) is 0.188. The van der Waals surface area contributed by atoms with Gasteiger partial charge in [-0.25, -0.2) is 13.2 Å². The molecule has 0 spiro atoms. The average molecular weight is 457 g/mol. The van der Waals surface area contributed by atoms with E-state index >= 15 is 0 Å². The maximum atomic E-state index is 12.7. The van der Waals surface area contributed by atoms with Gasteiger partial charge in [-0.3, -0.25) is 13.9 Å². The highest BCUT2D eigenvalue weighted by Gasteiger charge is 2.18. The number of aryl methyl sites for hydroxylation is 3. The Morgan fingerprint density at radius 1 is 1.00 bits per heavy atom. The first-order chi connectivity index (χ1) is 11.2. The van der Waals surface area contributed by atoms with E-state index in [0.717, 1.165) is 9.13 Å². The first kappa shape index (κ1) is 17.0. The normalized spacial score (nSPS) is 11.8. The van der Waals surface area contributed by atoms with E-state index in [4.69, 9.17) is 0 Å². The summed E-state index contributed by atoms with van der Waals surface area (Å²) in [5.41, 5.74) is 2.45. The van der Waals surface area contributed by atoms with Crippen molar-refractivity contribution >= 4 is 49.3 Å². The monoisotopic (exact) mass is 457 g/mol. The molecule has 0 saturated carbocycles. The van der Waals surface area contributed by atoms with Gasteiger partial charge in [-0.15, -0.1) is 0 Å². The zero-order valence-corrected chi connectivity index (χ0v) is 16.3. The highest BCUT2D eigenvalue weighted by molar-refractivity contribution is 14.1. The van der Waals surface area contributed by atoms with E-state index in [9.17, 15) is 13.2 Å². The Hall–Kier alpha value is -1.81. The molecule has 1 aromatic heterocycles. The lowest BCUT2D eigenvalue weighted by Gasteiger charge is -2.11. The number of nitrogens with zero attached hydrogens (tertiary/aromatic N) is 2. The van der Waals surface area contributed by atoms with Crippen LogP contribution >= 0.6 is 22.6 Å². The molecule has 1 heterocycles. The van der Waals surface area contributed by atoms with Crippen molar-refractivity contribution in [3.05, 3.63) is 56.0 Å². The van der Waals surface area contributed by atoms with Crippen LogP contribution in [0.5, 0.6) is 0 Å². The van der Waals surface area contributed by atoms with E-state index in [1.54, 1.807) is 26.2 Å². The van der Waals surface area contributed by atoms with Crippen molar-refractivity contribution in [1.29, 1.82) is 0 Å². The van der Waals surface area contributed by atoms with Gasteiger partial charge in [-0.2, -0.15) is 0 Å². The van der Waals surface area contributed by atoms with E-state index in [-0.39, 0.29) is 10.6 Å². The first-order valence-corrected chi connectivity index (χ1v) is 9.71. The molecule has 0 saturated heterocycles. The molecule has 0 fully saturated rings. The smallest absolute Gasteiger partial charge is 0.295 e. The van der Waals surface area contributed by atoms with Crippen LogP contribution in [0.25, 0.3) is 11.0 Å². The van der Waals surface area contributed by atoms with Crippen LogP contribution in [-0.2, 0) is 24.1 Å². The third kappa shape index (κ3) is 2.84. The second kappa shape index (κ2) is 5.92. The van der Waals surface area contributed by atoms with Crippen LogP contribution in [0.2, 0.25) is 0 Å². The van der Waals surface area contributed by atoms with Crippen LogP contribution in [0.15, 0.2) is 46.1 Å². The number of hydrogen-bond acceptors (Lipinski definition) is 3. The number of fused-ring (bicyclic) bond motifs is 1. The van der Waals surface area contributed by atoms with Crippen molar-refractivity contribution in [2.24, 2.45) is 14.1 Å². The van der Waals surface area contributed by atoms with Gasteiger partial charge in [0.05, 0.1) is 21.6 Å². The van der Waals surface area contributed by atoms with Crippen LogP contribution < -0.4 is 10.4 Å². The van der Waals surface area contributed by atoms with Crippen LogP contribution in [0.4, 0.5) is 5.69 Å². The van der Waals surface area contributed by atoms with Gasteiger partial charge >= 0.3 is 5.69 Å². The number of benzene rings is 2. The summed E-state index contributed by atoms with van der Waals surface area (Å²) in [5, 5.41) is 0. The molecule has 0 bridgehead atoms. The summed E-state index contributed by atoms with van der Waals surface area (Å²) in [4.78, 5) is 12.1. The second-order valence-electron chi connectivity index (χ2n) is 5.62. The van der Waals surface area contributed by atoms with Crippen molar-refractivity contribution in [2.45, 2.75) is 11.8 Å². The molecule has 0 aliphatic carbocycles. The predicted molar refractivity (Wildman–Crippen MR) is 103 cm³/mol. The fourth-order valence-corrected chi connectivity index (χ4v) is 4.40. The van der Waals surface area contributed by atoms with E-state index < -0.39 is 10.0 Å². The molecule has 0 atom stereocenters. The van der Waals surface area contributed by atoms with Crippen LogP contribution in [0.1, 0.15) is 5.56 Å². The summed E-state index contributed by atoms with van der Waals surface area (Å²) in [6.45, 7) is 1.85. The Labute approximate surface area is 153 Å². The molecule has 3 rings (SSSR count). The minimum atomic E-state index is -3.74. The standard InChI is InChI=1S/C16H16IN3O3S/c1-10-8-11(17)4-6-13(10)18-24(22,23)12-5-7-14-15(9-12)20(3)16(21)19(14)2/h4-9,18H,1-3H3. The molecular formula is C16H16IN3O3S. The first-order valence-electron chi connectivity index (χ1n) is 7.15. The predicted octanol–water partition coefficient (Wildman–Crippen LogP) is 2.59. The largest absolute Gasteiger partial charge is 0.328 e. The molecule has 1 N–H and O–H groups in total. The molecular weight excluding hydrogens is 441 g/mol. The molecule has 0 amide bonds. The molecule has 0 aliphatic rings. The summed E-state index contributed by atoms with van der Waals surface area (Å²) in [6, 6.07) is 10.2. The summed E-state index contributed by atoms with van der Waals surface area (Å²) < 4.78 is 31.9. The van der Waals surface area contributed by atoms with Crippen molar-refractivity contribution in [3.8, 4) is 0 Å². The van der Waals surface area contributed by atoms with E-state index in [2.05, 4.69) is 27.3 Å². The average Bonchev–Trinajstić information content (AvgIpc) is 2.74. The Morgan fingerprint density at radius 3 is 2.33 bits per heavy atom. The van der Waals surface area contributed by atoms with Crippen LogP contribution in [0.3, 0.4) is 0 Å². The quantitative estimate of drug-likeness (QED) is 0.615. The zero-order valence-electron chi connectivity index (χ0n) is 13.4. The Balaban J connectivity index is 2.08. The SMILES string of the molecule is Cc1cc(I)ccc1NS(=O)(=O)c1ccc2c(c1)n(C)c(=O)n2C. The molecule has 126 valence electrons. The Kier molecular flexibility index (Phi) is 4.20. The minimum Gasteiger partial charge on any atom is -0.295 e. The Bertz CT molecular complexity index is 1110. The van der Waals surface area contributed by atoms with Gasteiger partial charge in [0.15, 0.2) is 0 Å². The number of aromatic nitrogens is 2. The van der Waals surface area contributed by atoms with Crippen LogP contribution in [-0.4, -0.2) is 17.6 Å². The zero-order chi connectivity index (χ0) is 17.6. The number of imidazole rings is 1. The van der Waals surface area contributed by atoms with E-state index in [1.165, 1.54) is 21.3 Å². The highest BCUT2D eigenvalue weighted by atomic mass is 127. The number of rotatable bonds is 3. The van der Waals surface area contributed by atoms with E-state index in [0.29, 0.717) is 16.7 Å². The number of anilines is 1.